The van der Waals surface area contributed by atoms with Crippen molar-refractivity contribution in [1.29, 1.82) is 0 Å². The molecule has 0 aliphatic heterocycles. The Kier molecular flexibility index (Phi) is 13.7. The number of benzene rings is 2. The molecule has 222 valence electrons. The van der Waals surface area contributed by atoms with Gasteiger partial charge in [0.15, 0.2) is 0 Å². The summed E-state index contributed by atoms with van der Waals surface area (Å²) in [6.07, 6.45) is 1.49. The van der Waals surface area contributed by atoms with Crippen molar-refractivity contribution in [1.82, 2.24) is 10.2 Å². The van der Waals surface area contributed by atoms with Gasteiger partial charge in [-0.3, -0.25) is 9.59 Å². The van der Waals surface area contributed by atoms with Crippen LogP contribution in [-0.2, 0) is 11.2 Å². The Morgan fingerprint density at radius 3 is 2.12 bits per heavy atom. The lowest BCUT2D eigenvalue weighted by atomic mass is 9.92. The van der Waals surface area contributed by atoms with Gasteiger partial charge in [0, 0.05) is 42.8 Å². The second-order valence-electron chi connectivity index (χ2n) is 11.2. The van der Waals surface area contributed by atoms with Crippen molar-refractivity contribution in [3.8, 4) is 0 Å². The van der Waals surface area contributed by atoms with E-state index in [0.29, 0.717) is 36.7 Å². The molecule has 0 aliphatic rings. The lowest BCUT2D eigenvalue weighted by molar-refractivity contribution is 0.0138. The van der Waals surface area contributed by atoms with Gasteiger partial charge in [-0.15, -0.1) is 0 Å². The molecule has 1 unspecified atom stereocenters. The van der Waals surface area contributed by atoms with Crippen LogP contribution in [0.15, 0.2) is 36.4 Å². The number of aliphatic hydroxyl groups is 1. The van der Waals surface area contributed by atoms with Crippen LogP contribution in [0.5, 0.6) is 0 Å². The summed E-state index contributed by atoms with van der Waals surface area (Å²) in [6, 6.07) is 7.32. The van der Waals surface area contributed by atoms with E-state index in [4.69, 9.17) is 4.74 Å². The van der Waals surface area contributed by atoms with Gasteiger partial charge in [0.1, 0.15) is 11.6 Å². The third-order valence-corrected chi connectivity index (χ3v) is 6.77. The normalized spacial score (nSPS) is 13.7. The molecule has 0 fully saturated rings. The van der Waals surface area contributed by atoms with Gasteiger partial charge in [0.05, 0.1) is 18.8 Å². The zero-order valence-electron chi connectivity index (χ0n) is 24.8. The van der Waals surface area contributed by atoms with Crippen molar-refractivity contribution in [2.45, 2.75) is 79.4 Å². The average molecular weight is 561 g/mol. The number of hydrogen-bond acceptors (Lipinski definition) is 4. The van der Waals surface area contributed by atoms with Crippen LogP contribution in [0.1, 0.15) is 85.7 Å². The van der Waals surface area contributed by atoms with Crippen LogP contribution < -0.4 is 5.32 Å². The van der Waals surface area contributed by atoms with Crippen molar-refractivity contribution in [3.05, 3.63) is 70.3 Å². The molecule has 2 rings (SSSR count). The van der Waals surface area contributed by atoms with Gasteiger partial charge in [-0.25, -0.2) is 8.78 Å². The number of aryl methyl sites for hydroxylation is 1. The molecule has 6 nitrogen and oxygen atoms in total. The molecule has 0 aliphatic carbocycles. The first-order valence-electron chi connectivity index (χ1n) is 14.4. The van der Waals surface area contributed by atoms with Crippen molar-refractivity contribution in [3.63, 3.8) is 0 Å². The number of nitrogens with zero attached hydrogens (tertiary/aromatic N) is 1. The number of carbonyl (C=O) groups excluding carboxylic acids is 2. The van der Waals surface area contributed by atoms with Crippen LogP contribution in [-0.4, -0.2) is 60.3 Å². The van der Waals surface area contributed by atoms with Gasteiger partial charge in [-0.2, -0.15) is 0 Å². The number of aliphatic hydroxyl groups excluding tert-OH is 1. The van der Waals surface area contributed by atoms with Crippen molar-refractivity contribution in [2.75, 3.05) is 26.3 Å². The minimum atomic E-state index is -1.05. The molecule has 0 heterocycles. The fourth-order valence-corrected chi connectivity index (χ4v) is 4.65. The maximum atomic E-state index is 13.9. The highest BCUT2D eigenvalue weighted by Gasteiger charge is 2.28. The molecule has 2 aromatic rings. The topological polar surface area (TPSA) is 78.9 Å². The third-order valence-electron chi connectivity index (χ3n) is 6.77. The van der Waals surface area contributed by atoms with E-state index in [1.807, 2.05) is 27.7 Å². The van der Waals surface area contributed by atoms with E-state index in [-0.39, 0.29) is 30.4 Å². The zero-order chi connectivity index (χ0) is 29.8. The summed E-state index contributed by atoms with van der Waals surface area (Å²) in [5.41, 5.74) is 1.76. The molecule has 0 spiro atoms. The Hall–Kier alpha value is -2.84. The second-order valence-corrected chi connectivity index (χ2v) is 11.2. The van der Waals surface area contributed by atoms with Crippen LogP contribution in [0.25, 0.3) is 0 Å². The molecule has 2 aromatic carbocycles. The minimum Gasteiger partial charge on any atom is -0.391 e. The van der Waals surface area contributed by atoms with E-state index in [1.165, 1.54) is 12.1 Å². The van der Waals surface area contributed by atoms with Crippen molar-refractivity contribution < 1.29 is 28.2 Å². The summed E-state index contributed by atoms with van der Waals surface area (Å²) in [7, 11) is 0. The van der Waals surface area contributed by atoms with E-state index in [1.54, 1.807) is 23.1 Å². The molecule has 3 atom stereocenters. The molecule has 2 N–H and O–H groups in total. The number of halogens is 2. The first-order valence-corrected chi connectivity index (χ1v) is 14.4. The summed E-state index contributed by atoms with van der Waals surface area (Å²) in [5, 5.41) is 14.1. The molecule has 0 radical (unpaired) electrons. The molecule has 0 saturated heterocycles. The monoisotopic (exact) mass is 560 g/mol. The predicted molar refractivity (Wildman–Crippen MR) is 154 cm³/mol. The summed E-state index contributed by atoms with van der Waals surface area (Å²) in [4.78, 5) is 28.5. The molecule has 40 heavy (non-hydrogen) atoms. The standard InChI is InChI=1S/C32H46F2N2O4/c1-7-10-36(11-8-2)32(39)26-14-22(5)13-25(18-26)31(38)35-29(17-24-15-27(33)19-28(34)16-24)30(37)23(6)20-40-12-9-21(3)4/h13-16,18-19,21,23,29-30,37H,7-12,17,20H2,1-6H3,(H,35,38)/t23?,29-,30-/m0/s1. The van der Waals surface area contributed by atoms with Gasteiger partial charge in [0.25, 0.3) is 11.8 Å². The van der Waals surface area contributed by atoms with Crippen molar-refractivity contribution >= 4 is 11.8 Å². The number of carbonyl (C=O) groups is 2. The van der Waals surface area contributed by atoms with Crippen LogP contribution in [0.4, 0.5) is 8.78 Å². The molecule has 0 bridgehead atoms. The van der Waals surface area contributed by atoms with Crippen LogP contribution in [0, 0.1) is 30.4 Å². The smallest absolute Gasteiger partial charge is 0.253 e. The average Bonchev–Trinajstić information content (AvgIpc) is 2.88. The Balaban J connectivity index is 2.30. The van der Waals surface area contributed by atoms with E-state index in [9.17, 15) is 23.5 Å². The highest BCUT2D eigenvalue weighted by Crippen LogP contribution is 2.18. The maximum absolute atomic E-state index is 13.9. The fraction of sp³-hybridized carbons (Fsp3) is 0.562. The van der Waals surface area contributed by atoms with E-state index < -0.39 is 29.7 Å². The summed E-state index contributed by atoms with van der Waals surface area (Å²) >= 11 is 0. The van der Waals surface area contributed by atoms with Gasteiger partial charge in [0.2, 0.25) is 0 Å². The SMILES string of the molecule is CCCN(CCC)C(=O)c1cc(C)cc(C(=O)N[C@@H](Cc2cc(F)cc(F)c2)[C@@H](O)C(C)COCCC(C)C)c1. The predicted octanol–water partition coefficient (Wildman–Crippen LogP) is 5.94. The lowest BCUT2D eigenvalue weighted by Crippen LogP contribution is -2.48. The Morgan fingerprint density at radius 1 is 0.950 bits per heavy atom. The Bertz CT molecular complexity index is 1080. The second kappa shape index (κ2) is 16.4. The van der Waals surface area contributed by atoms with Gasteiger partial charge in [-0.05, 0) is 80.0 Å². The van der Waals surface area contributed by atoms with Crippen molar-refractivity contribution in [2.24, 2.45) is 11.8 Å². The van der Waals surface area contributed by atoms with Crippen LogP contribution in [0.3, 0.4) is 0 Å². The Labute approximate surface area is 238 Å². The molecule has 8 heteroatoms. The molecular formula is C32H46F2N2O4. The first-order chi connectivity index (χ1) is 18.9. The largest absolute Gasteiger partial charge is 0.391 e. The number of ether oxygens (including phenoxy) is 1. The maximum Gasteiger partial charge on any atom is 0.253 e. The minimum absolute atomic E-state index is 0.0102. The zero-order valence-corrected chi connectivity index (χ0v) is 24.8. The molecule has 2 amide bonds. The van der Waals surface area contributed by atoms with Gasteiger partial charge >= 0.3 is 0 Å². The summed E-state index contributed by atoms with van der Waals surface area (Å²) in [6.45, 7) is 13.9. The number of nitrogens with one attached hydrogen (secondary N) is 1. The molecular weight excluding hydrogens is 514 g/mol. The van der Waals surface area contributed by atoms with Crippen LogP contribution >= 0.6 is 0 Å². The van der Waals surface area contributed by atoms with E-state index in [2.05, 4.69) is 19.2 Å². The Morgan fingerprint density at radius 2 is 1.55 bits per heavy atom. The summed E-state index contributed by atoms with van der Waals surface area (Å²) < 4.78 is 33.6. The van der Waals surface area contributed by atoms with Gasteiger partial charge < -0.3 is 20.1 Å². The molecule has 0 aromatic heterocycles. The quantitative estimate of drug-likeness (QED) is 0.249. The number of hydrogen-bond donors (Lipinski definition) is 2. The first kappa shape index (κ1) is 33.4. The molecule has 0 saturated carbocycles. The number of rotatable bonds is 16. The summed E-state index contributed by atoms with van der Waals surface area (Å²) in [5.74, 6) is -1.96. The van der Waals surface area contributed by atoms with Crippen LogP contribution in [0.2, 0.25) is 0 Å². The number of amides is 2. The van der Waals surface area contributed by atoms with E-state index in [0.717, 1.165) is 30.9 Å². The lowest BCUT2D eigenvalue weighted by Gasteiger charge is -2.29. The third kappa shape index (κ3) is 10.6. The van der Waals surface area contributed by atoms with E-state index >= 15 is 0 Å². The van der Waals surface area contributed by atoms with Gasteiger partial charge in [-0.1, -0.05) is 34.6 Å². The fourth-order valence-electron chi connectivity index (χ4n) is 4.65. The highest BCUT2D eigenvalue weighted by molar-refractivity contribution is 6.00. The highest BCUT2D eigenvalue weighted by atomic mass is 19.1.